The Balaban J connectivity index is 1.78. The number of carbonyl (C=O) groups is 1. The van der Waals surface area contributed by atoms with E-state index in [0.29, 0.717) is 11.7 Å². The van der Waals surface area contributed by atoms with Crippen molar-refractivity contribution >= 4 is 44.9 Å². The normalized spacial score (nSPS) is 25.0. The molecule has 1 fully saturated rings. The van der Waals surface area contributed by atoms with E-state index in [1.165, 1.54) is 0 Å². The number of benzene rings is 2. The second-order valence-corrected chi connectivity index (χ2v) is 9.10. The van der Waals surface area contributed by atoms with Crippen molar-refractivity contribution in [3.63, 3.8) is 0 Å². The highest BCUT2D eigenvalue weighted by atomic mass is 79.9. The highest BCUT2D eigenvalue weighted by Crippen LogP contribution is 2.49. The van der Waals surface area contributed by atoms with Gasteiger partial charge in [-0.2, -0.15) is 0 Å². The number of rotatable bonds is 3. The van der Waals surface area contributed by atoms with Gasteiger partial charge in [-0.1, -0.05) is 33.6 Å². The standard InChI is InChI=1S/C22H24BrN3O2S/c1-5-26-21(29)25-19-15-11-14(23)7-9-17(15)28-22(26,4)18(19)20(27)24-16-8-6-12(2)10-13(16)3/h6-11,18-19H,5H2,1-4H3,(H,24,27)(H,25,29)/t18-,19+,22-/m0/s1. The van der Waals surface area contributed by atoms with Crippen LogP contribution < -0.4 is 15.4 Å². The quantitative estimate of drug-likeness (QED) is 0.633. The third-order valence-electron chi connectivity index (χ3n) is 5.83. The van der Waals surface area contributed by atoms with Crippen LogP contribution in [0.5, 0.6) is 5.75 Å². The van der Waals surface area contributed by atoms with Gasteiger partial charge in [-0.15, -0.1) is 0 Å². The minimum absolute atomic E-state index is 0.0940. The molecular weight excluding hydrogens is 450 g/mol. The minimum Gasteiger partial charge on any atom is -0.467 e. The van der Waals surface area contributed by atoms with Crippen LogP contribution in [-0.2, 0) is 4.79 Å². The van der Waals surface area contributed by atoms with Crippen molar-refractivity contribution in [3.05, 3.63) is 57.6 Å². The van der Waals surface area contributed by atoms with Crippen molar-refractivity contribution in [1.82, 2.24) is 10.2 Å². The lowest BCUT2D eigenvalue weighted by Crippen LogP contribution is -2.71. The lowest BCUT2D eigenvalue weighted by molar-refractivity contribution is -0.148. The fourth-order valence-corrected chi connectivity index (χ4v) is 5.26. The smallest absolute Gasteiger partial charge is 0.236 e. The summed E-state index contributed by atoms with van der Waals surface area (Å²) in [6.07, 6.45) is 0. The Morgan fingerprint density at radius 3 is 2.76 bits per heavy atom. The number of nitrogens with zero attached hydrogens (tertiary/aromatic N) is 1. The number of carbonyl (C=O) groups excluding carboxylic acids is 1. The minimum atomic E-state index is -0.884. The molecule has 2 aromatic rings. The van der Waals surface area contributed by atoms with Crippen LogP contribution in [-0.4, -0.2) is 28.2 Å². The zero-order valence-electron chi connectivity index (χ0n) is 16.9. The van der Waals surface area contributed by atoms with E-state index in [1.54, 1.807) is 0 Å². The fraction of sp³-hybridized carbons (Fsp3) is 0.364. The summed E-state index contributed by atoms with van der Waals surface area (Å²) in [6, 6.07) is 11.6. The van der Waals surface area contributed by atoms with Gasteiger partial charge in [0.1, 0.15) is 11.7 Å². The third-order valence-corrected chi connectivity index (χ3v) is 6.66. The molecule has 2 aromatic carbocycles. The van der Waals surface area contributed by atoms with Gasteiger partial charge in [0.2, 0.25) is 5.91 Å². The number of hydrogen-bond acceptors (Lipinski definition) is 3. The summed E-state index contributed by atoms with van der Waals surface area (Å²) in [5.74, 6) is 0.185. The molecule has 0 aromatic heterocycles. The maximum absolute atomic E-state index is 13.6. The van der Waals surface area contributed by atoms with Gasteiger partial charge in [0.05, 0.1) is 6.04 Å². The molecule has 0 radical (unpaired) electrons. The van der Waals surface area contributed by atoms with Gasteiger partial charge in [-0.3, -0.25) is 4.79 Å². The molecule has 2 aliphatic heterocycles. The van der Waals surface area contributed by atoms with E-state index in [9.17, 15) is 4.79 Å². The predicted molar refractivity (Wildman–Crippen MR) is 122 cm³/mol. The molecule has 0 aliphatic carbocycles. The molecule has 5 nitrogen and oxygen atoms in total. The molecule has 2 heterocycles. The summed E-state index contributed by atoms with van der Waals surface area (Å²) < 4.78 is 7.39. The van der Waals surface area contributed by atoms with Gasteiger partial charge in [-0.05, 0) is 69.7 Å². The zero-order chi connectivity index (χ0) is 20.9. The molecule has 1 amide bonds. The maximum atomic E-state index is 13.6. The summed E-state index contributed by atoms with van der Waals surface area (Å²) in [6.45, 7) is 8.64. The summed E-state index contributed by atoms with van der Waals surface area (Å²) in [5.41, 5.74) is 3.05. The molecule has 0 spiro atoms. The number of aryl methyl sites for hydroxylation is 2. The average molecular weight is 474 g/mol. The highest BCUT2D eigenvalue weighted by molar-refractivity contribution is 9.10. The summed E-state index contributed by atoms with van der Waals surface area (Å²) in [7, 11) is 0. The first-order chi connectivity index (χ1) is 13.7. The molecule has 1 saturated heterocycles. The summed E-state index contributed by atoms with van der Waals surface area (Å²) in [5, 5.41) is 7.12. The van der Waals surface area contributed by atoms with Crippen molar-refractivity contribution in [3.8, 4) is 5.75 Å². The first-order valence-electron chi connectivity index (χ1n) is 9.69. The van der Waals surface area contributed by atoms with Crippen LogP contribution in [0.2, 0.25) is 0 Å². The van der Waals surface area contributed by atoms with Crippen LogP contribution >= 0.6 is 28.1 Å². The molecule has 2 bridgehead atoms. The molecular formula is C22H24BrN3O2S. The Morgan fingerprint density at radius 2 is 2.07 bits per heavy atom. The first-order valence-corrected chi connectivity index (χ1v) is 10.9. The summed E-state index contributed by atoms with van der Waals surface area (Å²) in [4.78, 5) is 15.5. The van der Waals surface area contributed by atoms with Crippen LogP contribution in [0.1, 0.15) is 36.6 Å². The molecule has 2 aliphatic rings. The molecule has 29 heavy (non-hydrogen) atoms. The number of thiocarbonyl (C=S) groups is 1. The topological polar surface area (TPSA) is 53.6 Å². The van der Waals surface area contributed by atoms with Crippen molar-refractivity contribution in [2.75, 3.05) is 11.9 Å². The Labute approximate surface area is 184 Å². The highest BCUT2D eigenvalue weighted by Gasteiger charge is 2.58. The van der Waals surface area contributed by atoms with E-state index in [4.69, 9.17) is 17.0 Å². The van der Waals surface area contributed by atoms with Crippen LogP contribution in [0, 0.1) is 19.8 Å². The molecule has 0 saturated carbocycles. The monoisotopic (exact) mass is 473 g/mol. The van der Waals surface area contributed by atoms with Gasteiger partial charge in [0.25, 0.3) is 0 Å². The number of anilines is 1. The predicted octanol–water partition coefficient (Wildman–Crippen LogP) is 4.68. The van der Waals surface area contributed by atoms with Crippen molar-refractivity contribution in [2.45, 2.75) is 39.5 Å². The number of nitrogens with one attached hydrogen (secondary N) is 2. The van der Waals surface area contributed by atoms with E-state index < -0.39 is 11.6 Å². The maximum Gasteiger partial charge on any atom is 0.236 e. The summed E-state index contributed by atoms with van der Waals surface area (Å²) >= 11 is 9.14. The Bertz CT molecular complexity index is 1010. The van der Waals surface area contributed by atoms with Gasteiger partial charge in [-0.25, -0.2) is 0 Å². The van der Waals surface area contributed by atoms with E-state index in [1.807, 2.05) is 62.9 Å². The second-order valence-electron chi connectivity index (χ2n) is 7.80. The largest absolute Gasteiger partial charge is 0.467 e. The van der Waals surface area contributed by atoms with Crippen LogP contribution in [0.25, 0.3) is 0 Å². The van der Waals surface area contributed by atoms with E-state index in [-0.39, 0.29) is 11.9 Å². The number of amides is 1. The van der Waals surface area contributed by atoms with Crippen molar-refractivity contribution < 1.29 is 9.53 Å². The molecule has 4 rings (SSSR count). The Kier molecular flexibility index (Phi) is 5.07. The molecule has 3 atom stereocenters. The molecule has 7 heteroatoms. The van der Waals surface area contributed by atoms with E-state index in [0.717, 1.165) is 32.6 Å². The van der Waals surface area contributed by atoms with Gasteiger partial charge >= 0.3 is 0 Å². The lowest BCUT2D eigenvalue weighted by atomic mass is 9.79. The first kappa shape index (κ1) is 20.2. The number of hydrogen-bond donors (Lipinski definition) is 2. The Hall–Kier alpha value is -2.12. The van der Waals surface area contributed by atoms with E-state index in [2.05, 4.69) is 32.6 Å². The number of ether oxygens (including phenoxy) is 1. The Morgan fingerprint density at radius 1 is 1.31 bits per heavy atom. The SMILES string of the molecule is CCN1C(=S)N[C@@H]2c3cc(Br)ccc3O[C@@]1(C)[C@@H]2C(=O)Nc1ccc(C)cc1C. The van der Waals surface area contributed by atoms with Crippen molar-refractivity contribution in [2.24, 2.45) is 5.92 Å². The molecule has 0 unspecified atom stereocenters. The number of fused-ring (bicyclic) bond motifs is 4. The van der Waals surface area contributed by atoms with E-state index >= 15 is 0 Å². The van der Waals surface area contributed by atoms with Gasteiger partial charge in [0, 0.05) is 22.3 Å². The van der Waals surface area contributed by atoms with Crippen LogP contribution in [0.4, 0.5) is 5.69 Å². The van der Waals surface area contributed by atoms with Gasteiger partial charge in [0.15, 0.2) is 10.8 Å². The molecule has 152 valence electrons. The van der Waals surface area contributed by atoms with Crippen LogP contribution in [0.3, 0.4) is 0 Å². The van der Waals surface area contributed by atoms with Crippen LogP contribution in [0.15, 0.2) is 40.9 Å². The third kappa shape index (κ3) is 3.30. The van der Waals surface area contributed by atoms with Gasteiger partial charge < -0.3 is 20.3 Å². The van der Waals surface area contributed by atoms with Crippen molar-refractivity contribution in [1.29, 1.82) is 0 Å². The fourth-order valence-electron chi connectivity index (χ4n) is 4.44. The number of halogens is 1. The second kappa shape index (κ2) is 7.29. The lowest BCUT2D eigenvalue weighted by Gasteiger charge is -2.56. The average Bonchev–Trinajstić information content (AvgIpc) is 2.64. The molecule has 2 N–H and O–H groups in total. The zero-order valence-corrected chi connectivity index (χ0v) is 19.3.